The lowest BCUT2D eigenvalue weighted by Gasteiger charge is -2.23. The topological polar surface area (TPSA) is 51.7 Å². The number of pyridine rings is 1. The number of carbonyl (C=O) groups excluding carboxylic acids is 1. The van der Waals surface area contributed by atoms with E-state index in [0.29, 0.717) is 30.7 Å². The molecule has 1 aromatic carbocycles. The summed E-state index contributed by atoms with van der Waals surface area (Å²) in [6.07, 6.45) is 5.63. The van der Waals surface area contributed by atoms with Crippen molar-refractivity contribution >= 4 is 17.2 Å². The Morgan fingerprint density at radius 2 is 1.93 bits per heavy atom. The molecule has 1 aliphatic rings. The van der Waals surface area contributed by atoms with Crippen LogP contribution in [-0.4, -0.2) is 28.9 Å². The van der Waals surface area contributed by atoms with E-state index >= 15 is 0 Å². The standard InChI is InChI=1S/C23H24N2O3S/c1-16-9-12-29-22(16)23(26)25(19-4-5-19)14-18-3-6-20(27-2)21(13-18)28-15-17-7-10-24-11-8-17/h3,6-13,19H,4-5,14-15H2,1-2H3. The van der Waals surface area contributed by atoms with Crippen LogP contribution >= 0.6 is 11.3 Å². The Morgan fingerprint density at radius 1 is 1.14 bits per heavy atom. The lowest BCUT2D eigenvalue weighted by molar-refractivity contribution is 0.0734. The fourth-order valence-corrected chi connectivity index (χ4v) is 4.12. The Morgan fingerprint density at radius 3 is 2.59 bits per heavy atom. The summed E-state index contributed by atoms with van der Waals surface area (Å²) in [5.74, 6) is 1.48. The third-order valence-electron chi connectivity index (χ3n) is 5.03. The van der Waals surface area contributed by atoms with Crippen molar-refractivity contribution < 1.29 is 14.3 Å². The molecule has 3 aromatic rings. The van der Waals surface area contributed by atoms with Crippen LogP contribution in [-0.2, 0) is 13.2 Å². The number of aromatic nitrogens is 1. The SMILES string of the molecule is COc1ccc(CN(C(=O)c2sccc2C)C2CC2)cc1OCc1ccncc1. The van der Waals surface area contributed by atoms with Crippen LogP contribution < -0.4 is 9.47 Å². The first-order valence-electron chi connectivity index (χ1n) is 9.69. The van der Waals surface area contributed by atoms with Crippen molar-refractivity contribution in [2.24, 2.45) is 0 Å². The number of rotatable bonds is 8. The van der Waals surface area contributed by atoms with E-state index < -0.39 is 0 Å². The number of ether oxygens (including phenoxy) is 2. The van der Waals surface area contributed by atoms with E-state index in [1.165, 1.54) is 11.3 Å². The fourth-order valence-electron chi connectivity index (χ4n) is 3.24. The van der Waals surface area contributed by atoms with E-state index in [4.69, 9.17) is 9.47 Å². The maximum Gasteiger partial charge on any atom is 0.264 e. The minimum Gasteiger partial charge on any atom is -0.493 e. The minimum atomic E-state index is 0.120. The molecule has 4 rings (SSSR count). The summed E-state index contributed by atoms with van der Waals surface area (Å²) in [5, 5.41) is 1.98. The fraction of sp³-hybridized carbons (Fsp3) is 0.304. The molecular weight excluding hydrogens is 384 g/mol. The molecule has 0 spiro atoms. The second-order valence-corrected chi connectivity index (χ2v) is 8.14. The van der Waals surface area contributed by atoms with Gasteiger partial charge in [0.1, 0.15) is 6.61 Å². The zero-order chi connectivity index (χ0) is 20.2. The average Bonchev–Trinajstić information content (AvgIpc) is 3.50. The Labute approximate surface area is 174 Å². The van der Waals surface area contributed by atoms with Gasteiger partial charge in [0, 0.05) is 25.0 Å². The summed E-state index contributed by atoms with van der Waals surface area (Å²) in [6, 6.07) is 12.1. The number of benzene rings is 1. The molecule has 0 aliphatic heterocycles. The highest BCUT2D eigenvalue weighted by Crippen LogP contribution is 2.34. The molecule has 1 aliphatic carbocycles. The van der Waals surface area contributed by atoms with E-state index in [9.17, 15) is 4.79 Å². The normalized spacial score (nSPS) is 13.2. The molecule has 1 fully saturated rings. The minimum absolute atomic E-state index is 0.120. The summed E-state index contributed by atoms with van der Waals surface area (Å²) in [4.78, 5) is 20.0. The number of amides is 1. The van der Waals surface area contributed by atoms with Gasteiger partial charge in [-0.05, 0) is 72.2 Å². The Bertz CT molecular complexity index is 983. The Kier molecular flexibility index (Phi) is 5.81. The molecule has 2 aromatic heterocycles. The molecule has 1 saturated carbocycles. The molecule has 5 nitrogen and oxygen atoms in total. The van der Waals surface area contributed by atoms with Gasteiger partial charge in [0.2, 0.25) is 0 Å². The number of hydrogen-bond acceptors (Lipinski definition) is 5. The molecule has 0 atom stereocenters. The van der Waals surface area contributed by atoms with E-state index in [1.807, 2.05) is 53.6 Å². The van der Waals surface area contributed by atoms with Gasteiger partial charge in [0.15, 0.2) is 11.5 Å². The Balaban J connectivity index is 1.52. The number of carbonyl (C=O) groups is 1. The third kappa shape index (κ3) is 4.59. The second-order valence-electron chi connectivity index (χ2n) is 7.23. The molecule has 1 amide bonds. The first kappa shape index (κ1) is 19.5. The van der Waals surface area contributed by atoms with Crippen molar-refractivity contribution in [3.05, 3.63) is 75.7 Å². The van der Waals surface area contributed by atoms with Gasteiger partial charge in [-0.25, -0.2) is 0 Å². The van der Waals surface area contributed by atoms with Crippen LogP contribution in [0.5, 0.6) is 11.5 Å². The first-order chi connectivity index (χ1) is 14.2. The van der Waals surface area contributed by atoms with E-state index in [0.717, 1.165) is 34.4 Å². The van der Waals surface area contributed by atoms with E-state index in [1.54, 1.807) is 19.5 Å². The summed E-state index contributed by atoms with van der Waals surface area (Å²) < 4.78 is 11.5. The van der Waals surface area contributed by atoms with Gasteiger partial charge in [0.05, 0.1) is 12.0 Å². The second kappa shape index (κ2) is 8.66. The highest BCUT2D eigenvalue weighted by molar-refractivity contribution is 7.12. The van der Waals surface area contributed by atoms with Crippen molar-refractivity contribution in [2.45, 2.75) is 39.0 Å². The van der Waals surface area contributed by atoms with Crippen molar-refractivity contribution in [1.82, 2.24) is 9.88 Å². The van der Waals surface area contributed by atoms with Crippen molar-refractivity contribution in [2.75, 3.05) is 7.11 Å². The third-order valence-corrected chi connectivity index (χ3v) is 6.03. The Hall–Kier alpha value is -2.86. The van der Waals surface area contributed by atoms with Gasteiger partial charge in [-0.3, -0.25) is 9.78 Å². The lowest BCUT2D eigenvalue weighted by atomic mass is 10.1. The van der Waals surface area contributed by atoms with Gasteiger partial charge in [-0.2, -0.15) is 0 Å². The molecular formula is C23H24N2O3S. The molecule has 6 heteroatoms. The van der Waals surface area contributed by atoms with Crippen molar-refractivity contribution in [1.29, 1.82) is 0 Å². The maximum atomic E-state index is 13.1. The number of aryl methyl sites for hydroxylation is 1. The zero-order valence-corrected chi connectivity index (χ0v) is 17.4. The van der Waals surface area contributed by atoms with E-state index in [2.05, 4.69) is 4.98 Å². The molecule has 150 valence electrons. The highest BCUT2D eigenvalue weighted by Gasteiger charge is 2.34. The number of nitrogens with zero attached hydrogens (tertiary/aromatic N) is 2. The predicted octanol–water partition coefficient (Wildman–Crippen LogP) is 4.84. The van der Waals surface area contributed by atoms with Crippen LogP contribution in [0.2, 0.25) is 0 Å². The van der Waals surface area contributed by atoms with Crippen LogP contribution in [0.15, 0.2) is 54.2 Å². The zero-order valence-electron chi connectivity index (χ0n) is 16.6. The van der Waals surface area contributed by atoms with Gasteiger partial charge < -0.3 is 14.4 Å². The lowest BCUT2D eigenvalue weighted by Crippen LogP contribution is -2.32. The summed E-state index contributed by atoms with van der Waals surface area (Å²) in [5.41, 5.74) is 3.11. The molecule has 29 heavy (non-hydrogen) atoms. The number of methoxy groups -OCH3 is 1. The van der Waals surface area contributed by atoms with Gasteiger partial charge in [-0.15, -0.1) is 11.3 Å². The van der Waals surface area contributed by atoms with Gasteiger partial charge in [0.25, 0.3) is 5.91 Å². The van der Waals surface area contributed by atoms with Crippen molar-refractivity contribution in [3.8, 4) is 11.5 Å². The molecule has 0 saturated heterocycles. The quantitative estimate of drug-likeness (QED) is 0.535. The predicted molar refractivity (Wildman–Crippen MR) is 114 cm³/mol. The number of thiophene rings is 1. The van der Waals surface area contributed by atoms with Crippen LogP contribution in [0.4, 0.5) is 0 Å². The largest absolute Gasteiger partial charge is 0.493 e. The molecule has 0 unspecified atom stereocenters. The maximum absolute atomic E-state index is 13.1. The summed E-state index contributed by atoms with van der Waals surface area (Å²) in [6.45, 7) is 2.99. The summed E-state index contributed by atoms with van der Waals surface area (Å²) >= 11 is 1.52. The average molecular weight is 409 g/mol. The van der Waals surface area contributed by atoms with Crippen LogP contribution in [0.3, 0.4) is 0 Å². The number of hydrogen-bond donors (Lipinski definition) is 0. The smallest absolute Gasteiger partial charge is 0.264 e. The molecule has 0 N–H and O–H groups in total. The van der Waals surface area contributed by atoms with Crippen LogP contribution in [0, 0.1) is 6.92 Å². The van der Waals surface area contributed by atoms with E-state index in [-0.39, 0.29) is 5.91 Å². The van der Waals surface area contributed by atoms with Crippen molar-refractivity contribution in [3.63, 3.8) is 0 Å². The van der Waals surface area contributed by atoms with Crippen LogP contribution in [0.1, 0.15) is 39.2 Å². The summed E-state index contributed by atoms with van der Waals surface area (Å²) in [7, 11) is 1.63. The van der Waals surface area contributed by atoms with Crippen LogP contribution in [0.25, 0.3) is 0 Å². The molecule has 2 heterocycles. The molecule has 0 bridgehead atoms. The monoisotopic (exact) mass is 408 g/mol. The van der Waals surface area contributed by atoms with Gasteiger partial charge in [-0.1, -0.05) is 6.07 Å². The van der Waals surface area contributed by atoms with Gasteiger partial charge >= 0.3 is 0 Å². The molecule has 0 radical (unpaired) electrons. The highest BCUT2D eigenvalue weighted by atomic mass is 32.1. The first-order valence-corrected chi connectivity index (χ1v) is 10.6.